The molecule has 92 valence electrons. The van der Waals surface area contributed by atoms with E-state index in [-0.39, 0.29) is 11.5 Å². The molecule has 1 atom stereocenters. The highest BCUT2D eigenvalue weighted by atomic mass is 32.2. The number of nitrogens with one attached hydrogen (secondary N) is 1. The molecule has 0 saturated heterocycles. The Hall–Kier alpha value is 0.270. The third kappa shape index (κ3) is 10.6. The Bertz CT molecular complexity index is 149. The second kappa shape index (κ2) is 8.43. The number of hydrogen-bond acceptors (Lipinski definition) is 3. The van der Waals surface area contributed by atoms with Crippen molar-refractivity contribution in [3.05, 3.63) is 0 Å². The van der Waals surface area contributed by atoms with Crippen LogP contribution in [0.3, 0.4) is 0 Å². The summed E-state index contributed by atoms with van der Waals surface area (Å²) in [5.74, 6) is 2.47. The van der Waals surface area contributed by atoms with E-state index in [1.807, 2.05) is 18.7 Å². The maximum Gasteiger partial charge on any atom is 0.0517 e. The van der Waals surface area contributed by atoms with Gasteiger partial charge < -0.3 is 10.4 Å². The lowest BCUT2D eigenvalue weighted by Gasteiger charge is -2.26. The van der Waals surface area contributed by atoms with Gasteiger partial charge in [-0.25, -0.2) is 0 Å². The third-order valence-corrected chi connectivity index (χ3v) is 3.28. The molecule has 0 bridgehead atoms. The Labute approximate surface area is 99.2 Å². The van der Waals surface area contributed by atoms with E-state index < -0.39 is 0 Å². The zero-order valence-electron chi connectivity index (χ0n) is 10.7. The van der Waals surface area contributed by atoms with Gasteiger partial charge in [0.25, 0.3) is 0 Å². The summed E-state index contributed by atoms with van der Waals surface area (Å²) < 4.78 is 0. The van der Waals surface area contributed by atoms with Crippen molar-refractivity contribution in [2.24, 2.45) is 5.41 Å². The molecule has 0 rings (SSSR count). The molecule has 0 saturated carbocycles. The molecule has 2 N–H and O–H groups in total. The lowest BCUT2D eigenvalue weighted by molar-refractivity contribution is 0.128. The van der Waals surface area contributed by atoms with E-state index in [9.17, 15) is 5.11 Å². The Morgan fingerprint density at radius 1 is 1.40 bits per heavy atom. The van der Waals surface area contributed by atoms with Crippen molar-refractivity contribution in [2.45, 2.75) is 46.6 Å². The Morgan fingerprint density at radius 2 is 2.07 bits per heavy atom. The van der Waals surface area contributed by atoms with Crippen LogP contribution in [0.5, 0.6) is 0 Å². The standard InChI is InChI=1S/C12H27NOS/c1-5-15-8-6-7-13-10-12(3,4)9-11(2)14/h11,13-14H,5-10H2,1-4H3. The zero-order valence-corrected chi connectivity index (χ0v) is 11.5. The van der Waals surface area contributed by atoms with E-state index in [4.69, 9.17) is 0 Å². The van der Waals surface area contributed by atoms with E-state index in [0.29, 0.717) is 0 Å². The predicted molar refractivity (Wildman–Crippen MR) is 70.6 cm³/mol. The molecule has 3 heteroatoms. The van der Waals surface area contributed by atoms with Crippen molar-refractivity contribution in [1.82, 2.24) is 5.32 Å². The normalized spacial score (nSPS) is 14.2. The molecule has 0 heterocycles. The fourth-order valence-corrected chi connectivity index (χ4v) is 2.38. The van der Waals surface area contributed by atoms with Gasteiger partial charge in [0, 0.05) is 6.54 Å². The van der Waals surface area contributed by atoms with Crippen molar-refractivity contribution >= 4 is 11.8 Å². The van der Waals surface area contributed by atoms with Gasteiger partial charge in [-0.2, -0.15) is 11.8 Å². The molecule has 0 amide bonds. The summed E-state index contributed by atoms with van der Waals surface area (Å²) >= 11 is 2.00. The van der Waals surface area contributed by atoms with Crippen molar-refractivity contribution in [3.63, 3.8) is 0 Å². The van der Waals surface area contributed by atoms with Crippen LogP contribution in [0.25, 0.3) is 0 Å². The van der Waals surface area contributed by atoms with Crippen LogP contribution >= 0.6 is 11.8 Å². The molecular weight excluding hydrogens is 206 g/mol. The molecule has 0 spiro atoms. The Balaban J connectivity index is 3.40. The van der Waals surface area contributed by atoms with Crippen LogP contribution in [0.4, 0.5) is 0 Å². The van der Waals surface area contributed by atoms with E-state index >= 15 is 0 Å². The van der Waals surface area contributed by atoms with Gasteiger partial charge in [-0.05, 0) is 43.2 Å². The highest BCUT2D eigenvalue weighted by Crippen LogP contribution is 2.20. The minimum absolute atomic E-state index is 0.197. The third-order valence-electron chi connectivity index (χ3n) is 2.30. The van der Waals surface area contributed by atoms with E-state index in [1.165, 1.54) is 17.9 Å². The smallest absolute Gasteiger partial charge is 0.0517 e. The van der Waals surface area contributed by atoms with Gasteiger partial charge in [-0.3, -0.25) is 0 Å². The number of aliphatic hydroxyl groups is 1. The first-order chi connectivity index (χ1) is 6.98. The molecule has 2 nitrogen and oxygen atoms in total. The first-order valence-corrected chi connectivity index (χ1v) is 7.10. The Morgan fingerprint density at radius 3 is 2.60 bits per heavy atom. The first kappa shape index (κ1) is 15.3. The topological polar surface area (TPSA) is 32.3 Å². The quantitative estimate of drug-likeness (QED) is 0.600. The molecular formula is C12H27NOS. The molecule has 15 heavy (non-hydrogen) atoms. The van der Waals surface area contributed by atoms with Crippen molar-refractivity contribution in [3.8, 4) is 0 Å². The summed E-state index contributed by atoms with van der Waals surface area (Å²) in [7, 11) is 0. The average Bonchev–Trinajstić information content (AvgIpc) is 2.08. The van der Waals surface area contributed by atoms with Gasteiger partial charge in [-0.15, -0.1) is 0 Å². The minimum Gasteiger partial charge on any atom is -0.393 e. The second-order valence-electron chi connectivity index (χ2n) is 4.94. The van der Waals surface area contributed by atoms with Gasteiger partial charge in [0.15, 0.2) is 0 Å². The lowest BCUT2D eigenvalue weighted by Crippen LogP contribution is -2.32. The first-order valence-electron chi connectivity index (χ1n) is 5.94. The summed E-state index contributed by atoms with van der Waals surface area (Å²) in [4.78, 5) is 0. The summed E-state index contributed by atoms with van der Waals surface area (Å²) in [5.41, 5.74) is 0.200. The SMILES string of the molecule is CCSCCCNCC(C)(C)CC(C)O. The molecule has 1 unspecified atom stereocenters. The van der Waals surface area contributed by atoms with Gasteiger partial charge in [0.2, 0.25) is 0 Å². The maximum atomic E-state index is 9.33. The number of thioether (sulfide) groups is 1. The van der Waals surface area contributed by atoms with Crippen LogP contribution < -0.4 is 5.32 Å². The van der Waals surface area contributed by atoms with Crippen LogP contribution in [0.1, 0.15) is 40.5 Å². The molecule has 0 aliphatic rings. The Kier molecular flexibility index (Phi) is 8.58. The van der Waals surface area contributed by atoms with Crippen molar-refractivity contribution in [2.75, 3.05) is 24.6 Å². The van der Waals surface area contributed by atoms with E-state index in [1.54, 1.807) is 0 Å². The highest BCUT2D eigenvalue weighted by Gasteiger charge is 2.19. The largest absolute Gasteiger partial charge is 0.393 e. The molecule has 0 radical (unpaired) electrons. The molecule has 0 fully saturated rings. The monoisotopic (exact) mass is 233 g/mol. The molecule has 0 aromatic heterocycles. The number of hydrogen-bond donors (Lipinski definition) is 2. The minimum atomic E-state index is -0.197. The van der Waals surface area contributed by atoms with Gasteiger partial charge in [0.05, 0.1) is 6.10 Å². The van der Waals surface area contributed by atoms with Crippen LogP contribution in [0.2, 0.25) is 0 Å². The molecule has 0 aliphatic heterocycles. The van der Waals surface area contributed by atoms with Crippen LogP contribution in [0.15, 0.2) is 0 Å². The second-order valence-corrected chi connectivity index (χ2v) is 6.34. The summed E-state index contributed by atoms with van der Waals surface area (Å²) in [5, 5.41) is 12.8. The molecule has 0 aromatic rings. The van der Waals surface area contributed by atoms with Crippen LogP contribution in [0, 0.1) is 5.41 Å². The zero-order chi connectivity index (χ0) is 11.7. The number of aliphatic hydroxyl groups excluding tert-OH is 1. The fourth-order valence-electron chi connectivity index (χ4n) is 1.74. The van der Waals surface area contributed by atoms with Crippen molar-refractivity contribution < 1.29 is 5.11 Å². The highest BCUT2D eigenvalue weighted by molar-refractivity contribution is 7.99. The van der Waals surface area contributed by atoms with Crippen LogP contribution in [-0.2, 0) is 0 Å². The molecule has 0 aromatic carbocycles. The predicted octanol–water partition coefficient (Wildman–Crippen LogP) is 2.52. The molecule has 0 aliphatic carbocycles. The number of rotatable bonds is 9. The average molecular weight is 233 g/mol. The van der Waals surface area contributed by atoms with Crippen LogP contribution in [-0.4, -0.2) is 35.8 Å². The van der Waals surface area contributed by atoms with Gasteiger partial charge >= 0.3 is 0 Å². The lowest BCUT2D eigenvalue weighted by atomic mass is 9.87. The van der Waals surface area contributed by atoms with Crippen molar-refractivity contribution in [1.29, 1.82) is 0 Å². The van der Waals surface area contributed by atoms with Gasteiger partial charge in [-0.1, -0.05) is 20.8 Å². The summed E-state index contributed by atoms with van der Waals surface area (Å²) in [6, 6.07) is 0. The maximum absolute atomic E-state index is 9.33. The summed E-state index contributed by atoms with van der Waals surface area (Å²) in [6.07, 6.45) is 1.91. The summed E-state index contributed by atoms with van der Waals surface area (Å²) in [6.45, 7) is 10.6. The van der Waals surface area contributed by atoms with Gasteiger partial charge in [0.1, 0.15) is 0 Å². The van der Waals surface area contributed by atoms with E-state index in [2.05, 4.69) is 26.1 Å². The van der Waals surface area contributed by atoms with E-state index in [0.717, 1.165) is 19.5 Å². The fraction of sp³-hybridized carbons (Fsp3) is 1.00.